The molecule has 0 spiro atoms. The van der Waals surface area contributed by atoms with Gasteiger partial charge in [-0.1, -0.05) is 17.7 Å². The van der Waals surface area contributed by atoms with Crippen molar-refractivity contribution >= 4 is 44.6 Å². The zero-order valence-electron chi connectivity index (χ0n) is 9.73. The molecule has 1 N–H and O–H groups in total. The van der Waals surface area contributed by atoms with Crippen LogP contribution in [0.4, 0.5) is 5.69 Å². The third-order valence-corrected chi connectivity index (χ3v) is 4.76. The van der Waals surface area contributed by atoms with E-state index in [4.69, 9.17) is 11.6 Å². The molecule has 4 nitrogen and oxygen atoms in total. The van der Waals surface area contributed by atoms with Crippen molar-refractivity contribution in [3.63, 3.8) is 0 Å². The zero-order valence-corrected chi connectivity index (χ0v) is 12.9. The minimum Gasteiger partial charge on any atom is -0.308 e. The van der Waals surface area contributed by atoms with Gasteiger partial charge in [0.05, 0.1) is 4.92 Å². The SMILES string of the molecule is O=[N+]([O-])c1cc(CNCc2sccc2Br)ccc1Cl. The maximum Gasteiger partial charge on any atom is 0.288 e. The van der Waals surface area contributed by atoms with Crippen molar-refractivity contribution in [1.29, 1.82) is 0 Å². The molecule has 0 aliphatic rings. The summed E-state index contributed by atoms with van der Waals surface area (Å²) in [5, 5.41) is 16.2. The molecule has 19 heavy (non-hydrogen) atoms. The van der Waals surface area contributed by atoms with E-state index in [1.54, 1.807) is 23.5 Å². The molecule has 0 radical (unpaired) electrons. The van der Waals surface area contributed by atoms with E-state index in [1.807, 2.05) is 11.4 Å². The summed E-state index contributed by atoms with van der Waals surface area (Å²) in [4.78, 5) is 11.5. The number of nitro benzene ring substituents is 1. The summed E-state index contributed by atoms with van der Waals surface area (Å²) in [6, 6.07) is 6.83. The first kappa shape index (κ1) is 14.5. The molecule has 1 aromatic heterocycles. The van der Waals surface area contributed by atoms with E-state index in [1.165, 1.54) is 10.9 Å². The highest BCUT2D eigenvalue weighted by molar-refractivity contribution is 9.10. The third-order valence-electron chi connectivity index (χ3n) is 2.51. The molecule has 0 aliphatic carbocycles. The van der Waals surface area contributed by atoms with Crippen molar-refractivity contribution in [3.8, 4) is 0 Å². The van der Waals surface area contributed by atoms with Crippen molar-refractivity contribution < 1.29 is 4.92 Å². The molecule has 100 valence electrons. The number of nitrogens with zero attached hydrogens (tertiary/aromatic N) is 1. The predicted molar refractivity (Wildman–Crippen MR) is 80.7 cm³/mol. The van der Waals surface area contributed by atoms with Crippen molar-refractivity contribution in [2.75, 3.05) is 0 Å². The largest absolute Gasteiger partial charge is 0.308 e. The fraction of sp³-hybridized carbons (Fsp3) is 0.167. The van der Waals surface area contributed by atoms with Crippen LogP contribution < -0.4 is 5.32 Å². The molecule has 0 atom stereocenters. The lowest BCUT2D eigenvalue weighted by Gasteiger charge is -2.05. The van der Waals surface area contributed by atoms with Gasteiger partial charge in [0.15, 0.2) is 0 Å². The van der Waals surface area contributed by atoms with Crippen LogP contribution in [0.1, 0.15) is 10.4 Å². The van der Waals surface area contributed by atoms with Crippen LogP contribution >= 0.6 is 38.9 Å². The molecular formula is C12H10BrClN2O2S. The molecule has 0 saturated carbocycles. The molecule has 0 aliphatic heterocycles. The lowest BCUT2D eigenvalue weighted by molar-refractivity contribution is -0.384. The molecule has 1 heterocycles. The highest BCUT2D eigenvalue weighted by atomic mass is 79.9. The summed E-state index contributed by atoms with van der Waals surface area (Å²) in [7, 11) is 0. The lowest BCUT2D eigenvalue weighted by Crippen LogP contribution is -2.12. The molecule has 0 amide bonds. The topological polar surface area (TPSA) is 55.2 Å². The Morgan fingerprint density at radius 2 is 2.16 bits per heavy atom. The number of nitrogens with one attached hydrogen (secondary N) is 1. The number of nitro groups is 1. The summed E-state index contributed by atoms with van der Waals surface area (Å²) in [5.41, 5.74) is 0.780. The number of hydrogen-bond acceptors (Lipinski definition) is 4. The summed E-state index contributed by atoms with van der Waals surface area (Å²) < 4.78 is 1.08. The third kappa shape index (κ3) is 3.76. The van der Waals surface area contributed by atoms with Crippen LogP contribution in [0.5, 0.6) is 0 Å². The second-order valence-corrected chi connectivity index (χ2v) is 6.10. The Labute approximate surface area is 127 Å². The van der Waals surface area contributed by atoms with Gasteiger partial charge < -0.3 is 5.32 Å². The van der Waals surface area contributed by atoms with Gasteiger partial charge in [-0.2, -0.15) is 0 Å². The zero-order chi connectivity index (χ0) is 13.8. The van der Waals surface area contributed by atoms with Crippen molar-refractivity contribution in [1.82, 2.24) is 5.32 Å². The van der Waals surface area contributed by atoms with Crippen LogP contribution in [0.15, 0.2) is 34.1 Å². The maximum absolute atomic E-state index is 10.8. The molecule has 0 saturated heterocycles. The second kappa shape index (κ2) is 6.47. The summed E-state index contributed by atoms with van der Waals surface area (Å²) >= 11 is 10.9. The minimum absolute atomic E-state index is 0.0572. The number of halogens is 2. The van der Waals surface area contributed by atoms with Gasteiger partial charge in [-0.15, -0.1) is 11.3 Å². The molecule has 2 rings (SSSR count). The van der Waals surface area contributed by atoms with E-state index in [9.17, 15) is 10.1 Å². The van der Waals surface area contributed by atoms with Crippen molar-refractivity contribution in [2.45, 2.75) is 13.1 Å². The first-order chi connectivity index (χ1) is 9.08. The summed E-state index contributed by atoms with van der Waals surface area (Å²) in [5.74, 6) is 0. The van der Waals surface area contributed by atoms with Gasteiger partial charge >= 0.3 is 0 Å². The van der Waals surface area contributed by atoms with Gasteiger partial charge in [0.2, 0.25) is 0 Å². The van der Waals surface area contributed by atoms with E-state index in [-0.39, 0.29) is 10.7 Å². The normalized spacial score (nSPS) is 10.6. The first-order valence-corrected chi connectivity index (χ1v) is 7.48. The number of benzene rings is 1. The Balaban J connectivity index is 1.98. The highest BCUT2D eigenvalue weighted by Crippen LogP contribution is 2.25. The van der Waals surface area contributed by atoms with Gasteiger partial charge in [0.25, 0.3) is 5.69 Å². The van der Waals surface area contributed by atoms with Gasteiger partial charge in [-0.3, -0.25) is 10.1 Å². The second-order valence-electron chi connectivity index (χ2n) is 3.84. The summed E-state index contributed by atoms with van der Waals surface area (Å²) in [6.07, 6.45) is 0. The Morgan fingerprint density at radius 3 is 2.79 bits per heavy atom. The van der Waals surface area contributed by atoms with Crippen LogP contribution in [0, 0.1) is 10.1 Å². The molecule has 2 aromatic rings. The van der Waals surface area contributed by atoms with E-state index >= 15 is 0 Å². The molecule has 7 heteroatoms. The van der Waals surface area contributed by atoms with Crippen LogP contribution in [0.2, 0.25) is 5.02 Å². The van der Waals surface area contributed by atoms with E-state index in [0.29, 0.717) is 13.1 Å². The maximum atomic E-state index is 10.8. The average Bonchev–Trinajstić information content (AvgIpc) is 2.77. The Morgan fingerprint density at radius 1 is 1.37 bits per heavy atom. The van der Waals surface area contributed by atoms with Crippen LogP contribution in [0.25, 0.3) is 0 Å². The predicted octanol–water partition coefficient (Wildman–Crippen LogP) is 4.36. The number of rotatable bonds is 5. The van der Waals surface area contributed by atoms with Crippen molar-refractivity contribution in [2.24, 2.45) is 0 Å². The first-order valence-electron chi connectivity index (χ1n) is 5.43. The van der Waals surface area contributed by atoms with Gasteiger partial charge in [0, 0.05) is 28.5 Å². The Kier molecular flexibility index (Phi) is 4.93. The van der Waals surface area contributed by atoms with E-state index in [0.717, 1.165) is 10.0 Å². The molecule has 0 fully saturated rings. The van der Waals surface area contributed by atoms with Crippen LogP contribution in [0.3, 0.4) is 0 Å². The van der Waals surface area contributed by atoms with Gasteiger partial charge in [-0.25, -0.2) is 0 Å². The molecule has 1 aromatic carbocycles. The Bertz CT molecular complexity index is 603. The van der Waals surface area contributed by atoms with Crippen molar-refractivity contribution in [3.05, 3.63) is 59.7 Å². The van der Waals surface area contributed by atoms with Gasteiger partial charge in [-0.05, 0) is 39.0 Å². The van der Waals surface area contributed by atoms with E-state index < -0.39 is 4.92 Å². The van der Waals surface area contributed by atoms with Crippen LogP contribution in [-0.2, 0) is 13.1 Å². The van der Waals surface area contributed by atoms with Gasteiger partial charge in [0.1, 0.15) is 5.02 Å². The Hall–Kier alpha value is -0.950. The quantitative estimate of drug-likeness (QED) is 0.636. The monoisotopic (exact) mass is 360 g/mol. The molecule has 0 unspecified atom stereocenters. The fourth-order valence-electron chi connectivity index (χ4n) is 1.58. The average molecular weight is 362 g/mol. The lowest BCUT2D eigenvalue weighted by atomic mass is 10.2. The van der Waals surface area contributed by atoms with E-state index in [2.05, 4.69) is 21.2 Å². The highest BCUT2D eigenvalue weighted by Gasteiger charge is 2.12. The smallest absolute Gasteiger partial charge is 0.288 e. The summed E-state index contributed by atoms with van der Waals surface area (Å²) in [6.45, 7) is 1.27. The minimum atomic E-state index is -0.471. The standard InChI is InChI=1S/C12H10BrClN2O2S/c13-9-3-4-19-12(9)7-15-6-8-1-2-10(14)11(5-8)16(17)18/h1-5,15H,6-7H2. The molecule has 0 bridgehead atoms. The molecular weight excluding hydrogens is 352 g/mol. The number of hydrogen-bond donors (Lipinski definition) is 1. The number of thiophene rings is 1. The fourth-order valence-corrected chi connectivity index (χ4v) is 3.23. The van der Waals surface area contributed by atoms with Crippen LogP contribution in [-0.4, -0.2) is 4.92 Å².